The minimum Gasteiger partial charge on any atom is -0.480 e. The SMILES string of the molecule is CNC(CN(Cc1cc(C)ccc1C)[C@H](C)[C@H]1CC[C@H]2CN[C@H](C(=O)O)C[C@@]2(C)C1)N=IC. The van der Waals surface area contributed by atoms with E-state index in [-0.39, 0.29) is 32.6 Å². The second kappa shape index (κ2) is 11.7. The largest absolute Gasteiger partial charge is 0.480 e. The van der Waals surface area contributed by atoms with Crippen molar-refractivity contribution in [2.75, 3.05) is 25.1 Å². The van der Waals surface area contributed by atoms with Gasteiger partial charge < -0.3 is 10.4 Å². The average Bonchev–Trinajstić information content (AvgIpc) is 2.78. The molecule has 0 amide bonds. The van der Waals surface area contributed by atoms with Crippen molar-refractivity contribution in [1.82, 2.24) is 15.5 Å². The molecule has 0 spiro atoms. The van der Waals surface area contributed by atoms with Gasteiger partial charge in [-0.3, -0.25) is 15.0 Å². The highest BCUT2D eigenvalue weighted by Gasteiger charge is 2.47. The van der Waals surface area contributed by atoms with Gasteiger partial charge in [0.15, 0.2) is 0 Å². The summed E-state index contributed by atoms with van der Waals surface area (Å²) in [4.78, 5) is 16.5. The van der Waals surface area contributed by atoms with Crippen LogP contribution in [0.25, 0.3) is 0 Å². The van der Waals surface area contributed by atoms with E-state index in [1.807, 2.05) is 7.05 Å². The lowest BCUT2D eigenvalue weighted by atomic mass is 9.58. The van der Waals surface area contributed by atoms with Gasteiger partial charge in [0.2, 0.25) is 0 Å². The van der Waals surface area contributed by atoms with Crippen LogP contribution in [0.1, 0.15) is 56.2 Å². The van der Waals surface area contributed by atoms with Crippen molar-refractivity contribution in [2.45, 2.75) is 78.2 Å². The second-order valence-corrected chi connectivity index (χ2v) is 12.1. The molecule has 1 unspecified atom stereocenters. The minimum atomic E-state index is -0.706. The predicted octanol–water partition coefficient (Wildman–Crippen LogP) is 4.69. The lowest BCUT2D eigenvalue weighted by Gasteiger charge is -2.52. The number of nitrogens with one attached hydrogen (secondary N) is 2. The lowest BCUT2D eigenvalue weighted by molar-refractivity contribution is -0.143. The Labute approximate surface area is 210 Å². The summed E-state index contributed by atoms with van der Waals surface area (Å²) < 4.78 is 4.88. The molecule has 1 aromatic carbocycles. The predicted molar refractivity (Wildman–Crippen MR) is 144 cm³/mol. The second-order valence-electron chi connectivity index (χ2n) is 10.6. The highest BCUT2D eigenvalue weighted by molar-refractivity contribution is 14.2. The number of aliphatic carboxylic acids is 1. The van der Waals surface area contributed by atoms with E-state index >= 15 is 0 Å². The van der Waals surface area contributed by atoms with E-state index in [9.17, 15) is 9.90 Å². The summed E-state index contributed by atoms with van der Waals surface area (Å²) in [5.74, 6) is 0.439. The van der Waals surface area contributed by atoms with Crippen LogP contribution in [0, 0.1) is 31.1 Å². The fraction of sp³-hybridized carbons (Fsp3) is 0.731. The van der Waals surface area contributed by atoms with Crippen molar-refractivity contribution in [3.63, 3.8) is 0 Å². The van der Waals surface area contributed by atoms with Gasteiger partial charge in [0.05, 0.1) is 0 Å². The maximum Gasteiger partial charge on any atom is 0.320 e. The van der Waals surface area contributed by atoms with Crippen LogP contribution < -0.4 is 10.6 Å². The molecule has 186 valence electrons. The summed E-state index contributed by atoms with van der Waals surface area (Å²) in [5.41, 5.74) is 4.14. The molecule has 6 atom stereocenters. The van der Waals surface area contributed by atoms with Crippen molar-refractivity contribution in [1.29, 1.82) is 0 Å². The zero-order valence-electron chi connectivity index (χ0n) is 21.2. The van der Waals surface area contributed by atoms with Crippen molar-refractivity contribution in [3.8, 4) is 0 Å². The monoisotopic (exact) mass is 570 g/mol. The maximum atomic E-state index is 11.7. The average molecular weight is 571 g/mol. The quantitative estimate of drug-likeness (QED) is 0.297. The zero-order valence-corrected chi connectivity index (χ0v) is 23.4. The van der Waals surface area contributed by atoms with Gasteiger partial charge in [-0.2, -0.15) is 0 Å². The summed E-state index contributed by atoms with van der Waals surface area (Å²) in [7, 11) is 2.02. The Kier molecular flexibility index (Phi) is 9.46. The Morgan fingerprint density at radius 1 is 1.36 bits per heavy atom. The van der Waals surface area contributed by atoms with Gasteiger partial charge in [0.1, 0.15) is 12.2 Å². The van der Waals surface area contributed by atoms with Crippen molar-refractivity contribution >= 4 is 27.0 Å². The van der Waals surface area contributed by atoms with Crippen molar-refractivity contribution in [3.05, 3.63) is 34.9 Å². The molecule has 1 heterocycles. The fourth-order valence-corrected chi connectivity index (χ4v) is 7.14. The summed E-state index contributed by atoms with van der Waals surface area (Å²) in [6.45, 7) is 11.8. The summed E-state index contributed by atoms with van der Waals surface area (Å²) in [5, 5.41) is 16.3. The molecule has 2 aliphatic rings. The normalized spacial score (nSPS) is 30.0. The number of piperidine rings is 1. The van der Waals surface area contributed by atoms with Crippen LogP contribution in [-0.4, -0.2) is 59.3 Å². The molecule has 2 fully saturated rings. The van der Waals surface area contributed by atoms with Gasteiger partial charge in [-0.05, 0) is 114 Å². The van der Waals surface area contributed by atoms with Gasteiger partial charge in [-0.25, -0.2) is 3.15 Å². The summed E-state index contributed by atoms with van der Waals surface area (Å²) in [6, 6.07) is 6.76. The smallest absolute Gasteiger partial charge is 0.320 e. The number of fused-ring (bicyclic) bond motifs is 1. The third-order valence-corrected chi connectivity index (χ3v) is 9.50. The fourth-order valence-electron chi connectivity index (χ4n) is 6.01. The number of benzene rings is 1. The number of rotatable bonds is 9. The van der Waals surface area contributed by atoms with Gasteiger partial charge in [-0.1, -0.05) is 30.7 Å². The van der Waals surface area contributed by atoms with Crippen molar-refractivity contribution < 1.29 is 9.90 Å². The van der Waals surface area contributed by atoms with Crippen molar-refractivity contribution in [2.24, 2.45) is 20.4 Å². The molecule has 0 radical (unpaired) electrons. The van der Waals surface area contributed by atoms with Crippen LogP contribution in [0.15, 0.2) is 21.3 Å². The number of nitrogens with zero attached hydrogens (tertiary/aromatic N) is 2. The third kappa shape index (κ3) is 6.61. The topological polar surface area (TPSA) is 77.0 Å². The number of carboxylic acid groups (broad SMARTS) is 1. The standard InChI is InChI=1S/C26H43IN4O2/c1-17-7-8-18(2)21(11-17)15-31(16-24(28-6)30-27-5)19(3)20-9-10-22-14-29-23(25(32)33)13-26(22,4)12-20/h7-8,11,19-20,22-24,28-29H,9-10,12-16H2,1-6H3,(H,32,33)/t19-,20+,22+,23+,24?,26-/m1/s1. The number of carbonyl (C=O) groups is 1. The lowest BCUT2D eigenvalue weighted by Crippen LogP contribution is -2.56. The summed E-state index contributed by atoms with van der Waals surface area (Å²) in [6.07, 6.45) is 4.41. The highest BCUT2D eigenvalue weighted by atomic mass is 127. The van der Waals surface area contributed by atoms with Crippen LogP contribution in [0.4, 0.5) is 0 Å². The van der Waals surface area contributed by atoms with E-state index in [4.69, 9.17) is 3.15 Å². The van der Waals surface area contributed by atoms with Gasteiger partial charge >= 0.3 is 5.97 Å². The first-order valence-electron chi connectivity index (χ1n) is 12.3. The Balaban J connectivity index is 1.81. The van der Waals surface area contributed by atoms with Crippen LogP contribution >= 0.6 is 21.0 Å². The van der Waals surface area contributed by atoms with E-state index in [0.717, 1.165) is 32.5 Å². The van der Waals surface area contributed by atoms with Crippen LogP contribution in [0.3, 0.4) is 0 Å². The third-order valence-electron chi connectivity index (χ3n) is 8.27. The molecular formula is C26H43IN4O2. The van der Waals surface area contributed by atoms with Gasteiger partial charge in [0.25, 0.3) is 0 Å². The first-order chi connectivity index (χ1) is 15.7. The molecule has 1 saturated heterocycles. The van der Waals surface area contributed by atoms with Crippen LogP contribution in [-0.2, 0) is 11.3 Å². The molecule has 3 N–H and O–H groups in total. The number of alkyl halides is 1. The molecule has 7 heteroatoms. The van der Waals surface area contributed by atoms with Gasteiger partial charge in [-0.15, -0.1) is 0 Å². The number of aryl methyl sites for hydroxylation is 2. The van der Waals surface area contributed by atoms with E-state index in [2.05, 4.69) is 66.4 Å². The summed E-state index contributed by atoms with van der Waals surface area (Å²) >= 11 is -0.136. The Morgan fingerprint density at radius 2 is 2.12 bits per heavy atom. The van der Waals surface area contributed by atoms with Gasteiger partial charge in [0, 0.05) is 19.1 Å². The van der Waals surface area contributed by atoms with E-state index in [1.165, 1.54) is 29.5 Å². The number of carboxylic acids is 1. The molecule has 33 heavy (non-hydrogen) atoms. The molecular weight excluding hydrogens is 527 g/mol. The van der Waals surface area contributed by atoms with E-state index in [1.54, 1.807) is 0 Å². The number of likely N-dealkylation sites (N-methyl/N-ethyl adjacent to an activating group) is 1. The molecule has 0 aromatic heterocycles. The number of halogens is 1. The minimum absolute atomic E-state index is 0.0953. The first-order valence-corrected chi connectivity index (χ1v) is 15.4. The molecule has 1 aliphatic carbocycles. The molecule has 1 saturated carbocycles. The molecule has 0 bridgehead atoms. The molecule has 3 rings (SSSR count). The Bertz CT molecular complexity index is 848. The number of hydrogen-bond donors (Lipinski definition) is 3. The van der Waals surface area contributed by atoms with E-state index < -0.39 is 12.0 Å². The molecule has 1 aromatic rings. The highest BCUT2D eigenvalue weighted by Crippen LogP contribution is 2.49. The molecule has 6 nitrogen and oxygen atoms in total. The Morgan fingerprint density at radius 3 is 2.79 bits per heavy atom. The Hall–Kier alpha value is -0.900. The number of hydrogen-bond acceptors (Lipinski definition) is 5. The molecule has 1 aliphatic heterocycles. The first kappa shape index (κ1) is 26.7. The zero-order chi connectivity index (χ0) is 24.2. The maximum absolute atomic E-state index is 11.7. The van der Waals surface area contributed by atoms with Crippen LogP contribution in [0.5, 0.6) is 0 Å². The van der Waals surface area contributed by atoms with Crippen LogP contribution in [0.2, 0.25) is 0 Å². The van der Waals surface area contributed by atoms with E-state index in [0.29, 0.717) is 17.9 Å².